The Morgan fingerprint density at radius 1 is 1.14 bits per heavy atom. The Balaban J connectivity index is 1.63. The average Bonchev–Trinajstić information content (AvgIpc) is 3.38. The molecule has 2 atom stereocenters. The van der Waals surface area contributed by atoms with Crippen LogP contribution in [0, 0.1) is 17.6 Å². The van der Waals surface area contributed by atoms with E-state index in [0.29, 0.717) is 23.6 Å². The second-order valence-corrected chi connectivity index (χ2v) is 7.90. The van der Waals surface area contributed by atoms with E-state index in [1.54, 1.807) is 42.6 Å². The summed E-state index contributed by atoms with van der Waals surface area (Å²) >= 11 is 0. The van der Waals surface area contributed by atoms with E-state index in [4.69, 9.17) is 4.74 Å². The topological polar surface area (TPSA) is 100 Å². The molecule has 0 saturated carbocycles. The van der Waals surface area contributed by atoms with Gasteiger partial charge in [-0.1, -0.05) is 12.1 Å². The molecule has 0 saturated heterocycles. The van der Waals surface area contributed by atoms with Crippen LogP contribution < -0.4 is 0 Å². The van der Waals surface area contributed by atoms with Crippen LogP contribution in [0.4, 0.5) is 8.78 Å². The Kier molecular flexibility index (Phi) is 8.04. The number of amides is 1. The first-order valence-corrected chi connectivity index (χ1v) is 11.3. The molecule has 2 unspecified atom stereocenters. The van der Waals surface area contributed by atoms with Gasteiger partial charge in [0.2, 0.25) is 0 Å². The second-order valence-electron chi connectivity index (χ2n) is 7.90. The highest BCUT2D eigenvalue weighted by atomic mass is 19.1. The number of hydrogen-bond acceptors (Lipinski definition) is 5. The number of aliphatic hydroxyl groups is 1. The van der Waals surface area contributed by atoms with E-state index in [2.05, 4.69) is 20.2 Å². The lowest BCUT2D eigenvalue weighted by Crippen LogP contribution is -2.22. The van der Waals surface area contributed by atoms with E-state index in [1.807, 2.05) is 6.92 Å². The van der Waals surface area contributed by atoms with Crippen molar-refractivity contribution in [3.63, 3.8) is 0 Å². The number of nitrogens with zero attached hydrogens (tertiary/aromatic N) is 3. The predicted molar refractivity (Wildman–Crippen MR) is 131 cm³/mol. The number of aromatic nitrogens is 3. The normalized spacial score (nSPS) is 13.1. The summed E-state index contributed by atoms with van der Waals surface area (Å²) in [5, 5.41) is 16.9. The smallest absolute Gasteiger partial charge is 0.277 e. The number of ether oxygens (including phenoxy) is 1. The van der Waals surface area contributed by atoms with Crippen molar-refractivity contribution in [2.24, 2.45) is 10.9 Å². The summed E-state index contributed by atoms with van der Waals surface area (Å²) in [6.45, 7) is 1.84. The van der Waals surface area contributed by atoms with Crippen molar-refractivity contribution in [3.05, 3.63) is 95.8 Å². The minimum absolute atomic E-state index is 0.00546. The second kappa shape index (κ2) is 11.6. The van der Waals surface area contributed by atoms with Gasteiger partial charge >= 0.3 is 0 Å². The lowest BCUT2D eigenvalue weighted by atomic mass is 10.0. The van der Waals surface area contributed by atoms with Gasteiger partial charge in [0.05, 0.1) is 34.8 Å². The molecule has 0 aliphatic carbocycles. The van der Waals surface area contributed by atoms with Crippen molar-refractivity contribution < 1.29 is 23.4 Å². The Bertz CT molecular complexity index is 1340. The molecule has 0 aliphatic heterocycles. The average molecular weight is 491 g/mol. The number of benzene rings is 2. The molecular formula is C27H24F2N4O3. The van der Waals surface area contributed by atoms with Crippen LogP contribution in [0.1, 0.15) is 29.1 Å². The minimum atomic E-state index is -0.703. The van der Waals surface area contributed by atoms with Crippen LogP contribution in [-0.2, 0) is 4.74 Å². The lowest BCUT2D eigenvalue weighted by Gasteiger charge is -2.22. The summed E-state index contributed by atoms with van der Waals surface area (Å²) in [7, 11) is 0. The number of H-pyrrole nitrogens is 1. The number of hydrogen-bond donors (Lipinski definition) is 2. The molecule has 184 valence electrons. The molecule has 0 radical (unpaired) electrons. The number of rotatable bonds is 9. The molecule has 36 heavy (non-hydrogen) atoms. The Labute approximate surface area is 206 Å². The van der Waals surface area contributed by atoms with E-state index >= 15 is 0 Å². The zero-order chi connectivity index (χ0) is 25.5. The van der Waals surface area contributed by atoms with E-state index < -0.39 is 23.7 Å². The number of aliphatic imine (C=N–C) groups is 1. The Morgan fingerprint density at radius 3 is 2.64 bits per heavy atom. The lowest BCUT2D eigenvalue weighted by molar-refractivity contribution is 0.0200. The van der Waals surface area contributed by atoms with Crippen LogP contribution in [-0.4, -0.2) is 45.6 Å². The SMILES string of the molecule is CCOC(c1ccccn1)C(/C=N/C(=O)c1cccc(F)c1-c1cc(-c2ccc(F)cc2)[nH]n1)CO. The third-order valence-corrected chi connectivity index (χ3v) is 5.54. The van der Waals surface area contributed by atoms with Gasteiger partial charge in [0, 0.05) is 24.9 Å². The van der Waals surface area contributed by atoms with Gasteiger partial charge in [-0.05, 0) is 67.1 Å². The molecule has 7 nitrogen and oxygen atoms in total. The molecule has 2 N–H and O–H groups in total. The fourth-order valence-electron chi connectivity index (χ4n) is 3.80. The first kappa shape index (κ1) is 25.0. The predicted octanol–water partition coefficient (Wildman–Crippen LogP) is 5.01. The molecule has 0 fully saturated rings. The van der Waals surface area contributed by atoms with Gasteiger partial charge in [0.15, 0.2) is 0 Å². The van der Waals surface area contributed by atoms with Gasteiger partial charge in [0.1, 0.15) is 17.7 Å². The zero-order valence-electron chi connectivity index (χ0n) is 19.4. The van der Waals surface area contributed by atoms with Crippen LogP contribution in [0.5, 0.6) is 0 Å². The number of aliphatic hydroxyl groups excluding tert-OH is 1. The van der Waals surface area contributed by atoms with Crippen molar-refractivity contribution in [1.82, 2.24) is 15.2 Å². The Morgan fingerprint density at radius 2 is 1.94 bits per heavy atom. The molecule has 2 heterocycles. The van der Waals surface area contributed by atoms with Crippen molar-refractivity contribution in [1.29, 1.82) is 0 Å². The van der Waals surface area contributed by atoms with E-state index in [9.17, 15) is 18.7 Å². The summed E-state index contributed by atoms with van der Waals surface area (Å²) in [5.74, 6) is -2.39. The standard InChI is InChI=1S/C27H24F2N4O3/c1-2-36-26(22-8-3-4-13-30-22)18(16-34)15-31-27(35)20-6-5-7-21(29)25(20)24-14-23(32-33-24)17-9-11-19(28)12-10-17/h3-15,18,26,34H,2,16H2,1H3,(H,32,33)/b31-15+. The number of nitrogens with one attached hydrogen (secondary N) is 1. The molecule has 2 aromatic heterocycles. The van der Waals surface area contributed by atoms with Crippen LogP contribution in [0.25, 0.3) is 22.5 Å². The summed E-state index contributed by atoms with van der Waals surface area (Å²) in [6, 6.07) is 16.7. The summed E-state index contributed by atoms with van der Waals surface area (Å²) < 4.78 is 33.9. The van der Waals surface area contributed by atoms with Gasteiger partial charge in [-0.2, -0.15) is 5.10 Å². The van der Waals surface area contributed by atoms with E-state index in [0.717, 1.165) is 0 Å². The number of carbonyl (C=O) groups excluding carboxylic acids is 1. The fraction of sp³-hybridized carbons (Fsp3) is 0.185. The highest BCUT2D eigenvalue weighted by molar-refractivity contribution is 6.04. The molecular weight excluding hydrogens is 466 g/mol. The summed E-state index contributed by atoms with van der Waals surface area (Å²) in [5.41, 5.74) is 1.96. The molecule has 0 aliphatic rings. The van der Waals surface area contributed by atoms with Crippen LogP contribution in [0.2, 0.25) is 0 Å². The highest BCUT2D eigenvalue weighted by Gasteiger charge is 2.24. The van der Waals surface area contributed by atoms with Crippen molar-refractivity contribution in [2.75, 3.05) is 13.2 Å². The quantitative estimate of drug-likeness (QED) is 0.321. The largest absolute Gasteiger partial charge is 0.396 e. The maximum Gasteiger partial charge on any atom is 0.277 e. The van der Waals surface area contributed by atoms with E-state index in [-0.39, 0.29) is 29.2 Å². The molecule has 4 rings (SSSR count). The monoisotopic (exact) mass is 490 g/mol. The van der Waals surface area contributed by atoms with E-state index in [1.165, 1.54) is 36.5 Å². The molecule has 4 aromatic rings. The van der Waals surface area contributed by atoms with Crippen LogP contribution in [0.15, 0.2) is 77.9 Å². The molecule has 2 aromatic carbocycles. The van der Waals surface area contributed by atoms with Gasteiger partial charge < -0.3 is 9.84 Å². The third kappa shape index (κ3) is 5.59. The van der Waals surface area contributed by atoms with Gasteiger partial charge in [-0.3, -0.25) is 14.9 Å². The number of aromatic amines is 1. The third-order valence-electron chi connectivity index (χ3n) is 5.54. The zero-order valence-corrected chi connectivity index (χ0v) is 19.4. The van der Waals surface area contributed by atoms with Crippen molar-refractivity contribution >= 4 is 12.1 Å². The van der Waals surface area contributed by atoms with Gasteiger partial charge in [0.25, 0.3) is 5.91 Å². The van der Waals surface area contributed by atoms with Crippen molar-refractivity contribution in [2.45, 2.75) is 13.0 Å². The first-order chi connectivity index (χ1) is 17.5. The molecule has 0 bridgehead atoms. The molecule has 1 amide bonds. The number of carbonyl (C=O) groups is 1. The number of pyridine rings is 1. The minimum Gasteiger partial charge on any atom is -0.396 e. The van der Waals surface area contributed by atoms with Crippen LogP contribution >= 0.6 is 0 Å². The maximum absolute atomic E-state index is 14.9. The molecule has 0 spiro atoms. The molecule has 9 heteroatoms. The Hall–Kier alpha value is -4.08. The van der Waals surface area contributed by atoms with Gasteiger partial charge in [-0.15, -0.1) is 0 Å². The highest BCUT2D eigenvalue weighted by Crippen LogP contribution is 2.30. The number of halogens is 2. The summed E-state index contributed by atoms with van der Waals surface area (Å²) in [4.78, 5) is 21.4. The maximum atomic E-state index is 14.9. The summed E-state index contributed by atoms with van der Waals surface area (Å²) in [6.07, 6.45) is 2.30. The first-order valence-electron chi connectivity index (χ1n) is 11.3. The fourth-order valence-corrected chi connectivity index (χ4v) is 3.80. The van der Waals surface area contributed by atoms with Crippen molar-refractivity contribution in [3.8, 4) is 22.5 Å². The van der Waals surface area contributed by atoms with Gasteiger partial charge in [-0.25, -0.2) is 13.8 Å². The van der Waals surface area contributed by atoms with Crippen LogP contribution in [0.3, 0.4) is 0 Å².